The predicted molar refractivity (Wildman–Crippen MR) is 185 cm³/mol. The van der Waals surface area contributed by atoms with Crippen LogP contribution in [0.3, 0.4) is 0 Å². The molecule has 0 unspecified atom stereocenters. The van der Waals surface area contributed by atoms with Gasteiger partial charge in [-0.1, -0.05) is 207 Å². The highest BCUT2D eigenvalue weighted by Gasteiger charge is 1.90. The molecule has 0 heterocycles. The van der Waals surface area contributed by atoms with Crippen molar-refractivity contribution in [3.63, 3.8) is 0 Å². The average Bonchev–Trinajstić information content (AvgIpc) is 2.91. The molecular formula is C38H78. The Bertz CT molecular complexity index is 428. The zero-order valence-corrected chi connectivity index (χ0v) is 29.2. The number of hydrogen-bond acceptors (Lipinski definition) is 0. The summed E-state index contributed by atoms with van der Waals surface area (Å²) in [5.41, 5.74) is 2.66. The summed E-state index contributed by atoms with van der Waals surface area (Å²) >= 11 is 0. The molecule has 0 saturated carbocycles. The molecule has 0 aliphatic rings. The first-order chi connectivity index (χ1) is 18.4. The van der Waals surface area contributed by atoms with E-state index < -0.39 is 0 Å². The number of unbranched alkanes of at least 4 members (excludes halogenated alkanes) is 13. The molecular weight excluding hydrogens is 456 g/mol. The summed E-state index contributed by atoms with van der Waals surface area (Å²) in [6.45, 7) is 25.5. The van der Waals surface area contributed by atoms with Crippen LogP contribution in [0.15, 0.2) is 36.4 Å². The number of aryl methyl sites for hydroxylation is 2. The molecule has 1 rings (SSSR count). The first-order valence-electron chi connectivity index (χ1n) is 17.1. The molecule has 0 radical (unpaired) electrons. The molecule has 0 aliphatic heterocycles. The molecule has 0 amide bonds. The standard InChI is InChI=1S/C19H38.C8H10.3C3H8.C2H6/c1-3-5-7-9-11-13-15-17-19-18-16-14-12-10-8-6-4-2;1-7-3-5-8(2)6-4-7;3*1-3-2;1-2/h17,19H,3-16,18H2,1-2H3;3-6H,1-2H3;3*3H2,1-2H3;1-2H3/b19-17+;;;;;. The Balaban J connectivity index is -0.000000155. The summed E-state index contributed by atoms with van der Waals surface area (Å²) in [6, 6.07) is 8.48. The third-order valence-electron chi connectivity index (χ3n) is 5.08. The number of rotatable bonds is 15. The van der Waals surface area contributed by atoms with Crippen molar-refractivity contribution < 1.29 is 0 Å². The van der Waals surface area contributed by atoms with Gasteiger partial charge in [0.25, 0.3) is 0 Å². The summed E-state index contributed by atoms with van der Waals surface area (Å²) in [6.07, 6.45) is 29.7. The van der Waals surface area contributed by atoms with Crippen LogP contribution in [0, 0.1) is 13.8 Å². The van der Waals surface area contributed by atoms with Gasteiger partial charge in [0, 0.05) is 0 Å². The van der Waals surface area contributed by atoms with Gasteiger partial charge in [0.1, 0.15) is 0 Å². The minimum Gasteiger partial charge on any atom is -0.0885 e. The van der Waals surface area contributed by atoms with Gasteiger partial charge < -0.3 is 0 Å². The lowest BCUT2D eigenvalue weighted by Crippen LogP contribution is -1.79. The molecule has 0 N–H and O–H groups in total. The second kappa shape index (κ2) is 52.4. The average molecular weight is 535 g/mol. The van der Waals surface area contributed by atoms with Crippen LogP contribution < -0.4 is 0 Å². The summed E-state index contributed by atoms with van der Waals surface area (Å²) in [7, 11) is 0. The lowest BCUT2D eigenvalue weighted by atomic mass is 10.1. The van der Waals surface area contributed by atoms with Crippen LogP contribution in [-0.2, 0) is 0 Å². The van der Waals surface area contributed by atoms with Crippen molar-refractivity contribution in [2.24, 2.45) is 0 Å². The predicted octanol–water partition coefficient (Wildman–Crippen LogP) is 15.0. The van der Waals surface area contributed by atoms with E-state index in [0.29, 0.717) is 0 Å². The van der Waals surface area contributed by atoms with Crippen molar-refractivity contribution in [2.75, 3.05) is 0 Å². The molecule has 0 bridgehead atoms. The quantitative estimate of drug-likeness (QED) is 0.155. The van der Waals surface area contributed by atoms with E-state index in [0.717, 1.165) is 0 Å². The molecule has 1 aromatic rings. The van der Waals surface area contributed by atoms with E-state index >= 15 is 0 Å². The third-order valence-corrected chi connectivity index (χ3v) is 5.08. The third kappa shape index (κ3) is 64.7. The zero-order chi connectivity index (χ0) is 30.1. The van der Waals surface area contributed by atoms with Crippen molar-refractivity contribution >= 4 is 0 Å². The van der Waals surface area contributed by atoms with Gasteiger partial charge in [-0.15, -0.1) is 0 Å². The van der Waals surface area contributed by atoms with Gasteiger partial charge >= 0.3 is 0 Å². The highest BCUT2D eigenvalue weighted by atomic mass is 14.0. The molecule has 0 aromatic heterocycles. The second-order valence-corrected chi connectivity index (χ2v) is 10.2. The van der Waals surface area contributed by atoms with Gasteiger partial charge in [0.2, 0.25) is 0 Å². The molecule has 0 aliphatic carbocycles. The molecule has 0 atom stereocenters. The Labute approximate surface area is 245 Å². The normalized spacial score (nSPS) is 9.26. The van der Waals surface area contributed by atoms with Crippen molar-refractivity contribution in [1.82, 2.24) is 0 Å². The van der Waals surface area contributed by atoms with E-state index in [-0.39, 0.29) is 0 Å². The molecule has 0 nitrogen and oxygen atoms in total. The monoisotopic (exact) mass is 535 g/mol. The maximum atomic E-state index is 2.41. The lowest BCUT2D eigenvalue weighted by molar-refractivity contribution is 0.591. The number of allylic oxidation sites excluding steroid dienone is 2. The van der Waals surface area contributed by atoms with E-state index in [1.807, 2.05) is 13.8 Å². The van der Waals surface area contributed by atoms with Gasteiger partial charge in [-0.2, -0.15) is 0 Å². The Kier molecular flexibility index (Phi) is 64.5. The van der Waals surface area contributed by atoms with Crippen LogP contribution in [0.25, 0.3) is 0 Å². The van der Waals surface area contributed by atoms with E-state index in [1.54, 1.807) is 0 Å². The maximum absolute atomic E-state index is 2.41. The minimum atomic E-state index is 1.25. The van der Waals surface area contributed by atoms with E-state index in [9.17, 15) is 0 Å². The smallest absolute Gasteiger partial charge is 0.0351 e. The minimum absolute atomic E-state index is 1.25. The molecule has 0 fully saturated rings. The first-order valence-corrected chi connectivity index (χ1v) is 17.1. The summed E-state index contributed by atoms with van der Waals surface area (Å²) < 4.78 is 0. The highest BCUT2D eigenvalue weighted by Crippen LogP contribution is 2.10. The van der Waals surface area contributed by atoms with Gasteiger partial charge in [-0.25, -0.2) is 0 Å². The molecule has 0 spiro atoms. The van der Waals surface area contributed by atoms with Gasteiger partial charge in [-0.3, -0.25) is 0 Å². The zero-order valence-electron chi connectivity index (χ0n) is 29.2. The molecule has 0 saturated heterocycles. The Morgan fingerprint density at radius 1 is 0.395 bits per heavy atom. The molecule has 230 valence electrons. The number of hydrogen-bond donors (Lipinski definition) is 0. The van der Waals surface area contributed by atoms with Crippen LogP contribution >= 0.6 is 0 Å². The summed E-state index contributed by atoms with van der Waals surface area (Å²) in [5, 5.41) is 0. The van der Waals surface area contributed by atoms with Crippen LogP contribution in [-0.4, -0.2) is 0 Å². The Hall–Kier alpha value is -1.04. The van der Waals surface area contributed by atoms with Crippen LogP contribution in [0.2, 0.25) is 0 Å². The fourth-order valence-electron chi connectivity index (χ4n) is 3.13. The van der Waals surface area contributed by atoms with Crippen LogP contribution in [0.4, 0.5) is 0 Å². The van der Waals surface area contributed by atoms with Crippen LogP contribution in [0.1, 0.15) is 196 Å². The molecule has 38 heavy (non-hydrogen) atoms. The molecule has 1 aromatic carbocycles. The van der Waals surface area contributed by atoms with Crippen LogP contribution in [0.5, 0.6) is 0 Å². The van der Waals surface area contributed by atoms with E-state index in [4.69, 9.17) is 0 Å². The van der Waals surface area contributed by atoms with Gasteiger partial charge in [-0.05, 0) is 39.5 Å². The summed E-state index contributed by atoms with van der Waals surface area (Å²) in [5.74, 6) is 0. The lowest BCUT2D eigenvalue weighted by Gasteiger charge is -1.99. The highest BCUT2D eigenvalue weighted by molar-refractivity contribution is 5.19. The Morgan fingerprint density at radius 3 is 0.842 bits per heavy atom. The maximum Gasteiger partial charge on any atom is -0.0351 e. The first kappa shape index (κ1) is 46.8. The largest absolute Gasteiger partial charge is 0.0885 e. The molecule has 0 heteroatoms. The van der Waals surface area contributed by atoms with Gasteiger partial charge in [0.15, 0.2) is 0 Å². The van der Waals surface area contributed by atoms with E-state index in [1.165, 1.54) is 127 Å². The topological polar surface area (TPSA) is 0 Å². The SMILES string of the molecule is CC.CCC.CCC.CCC.CCCCCCCC/C=C/CCCCCCCCC.Cc1ccc(C)cc1. The second-order valence-electron chi connectivity index (χ2n) is 10.2. The van der Waals surface area contributed by atoms with Gasteiger partial charge in [0.05, 0.1) is 0 Å². The summed E-state index contributed by atoms with van der Waals surface area (Å²) in [4.78, 5) is 0. The Morgan fingerprint density at radius 2 is 0.605 bits per heavy atom. The fourth-order valence-corrected chi connectivity index (χ4v) is 3.13. The van der Waals surface area contributed by atoms with Crippen molar-refractivity contribution in [3.8, 4) is 0 Å². The van der Waals surface area contributed by atoms with Crippen molar-refractivity contribution in [2.45, 2.75) is 199 Å². The van der Waals surface area contributed by atoms with E-state index in [2.05, 4.69) is 106 Å². The fraction of sp³-hybridized carbons (Fsp3) is 0.789. The van der Waals surface area contributed by atoms with Crippen molar-refractivity contribution in [3.05, 3.63) is 47.5 Å². The number of benzene rings is 1. The van der Waals surface area contributed by atoms with Crippen molar-refractivity contribution in [1.29, 1.82) is 0 Å².